The molecule has 0 aliphatic carbocycles. The number of ether oxygens (including phenoxy) is 2. The molecule has 0 N–H and O–H groups in total. The van der Waals surface area contributed by atoms with Gasteiger partial charge in [-0.15, -0.1) is 0 Å². The topological polar surface area (TPSA) is 67.2 Å². The van der Waals surface area contributed by atoms with Crippen LogP contribution in [0.1, 0.15) is 0 Å². The molecule has 1 aliphatic heterocycles. The van der Waals surface area contributed by atoms with E-state index < -0.39 is 0 Å². The van der Waals surface area contributed by atoms with Crippen LogP contribution in [0, 0.1) is 0 Å². The van der Waals surface area contributed by atoms with Gasteiger partial charge in [0.15, 0.2) is 0 Å². The third-order valence-corrected chi connectivity index (χ3v) is 1.23. The molecule has 0 aromatic carbocycles. The first-order valence-electron chi connectivity index (χ1n) is 3.13. The molecule has 56 valence electrons. The van der Waals surface area contributed by atoms with E-state index in [-0.39, 0.29) is 6.10 Å². The van der Waals surface area contributed by atoms with Gasteiger partial charge in [-0.1, -0.05) is 5.11 Å². The summed E-state index contributed by atoms with van der Waals surface area (Å²) in [5, 5.41) is 3.37. The largest absolute Gasteiger partial charge is 0.376 e. The van der Waals surface area contributed by atoms with E-state index in [0.29, 0.717) is 26.4 Å². The summed E-state index contributed by atoms with van der Waals surface area (Å²) in [5.41, 5.74) is 7.96. The lowest BCUT2D eigenvalue weighted by Crippen LogP contribution is -2.30. The van der Waals surface area contributed by atoms with Crippen molar-refractivity contribution in [2.75, 3.05) is 26.4 Å². The molecule has 1 fully saturated rings. The van der Waals surface area contributed by atoms with Gasteiger partial charge >= 0.3 is 0 Å². The van der Waals surface area contributed by atoms with Crippen LogP contribution in [0.15, 0.2) is 5.11 Å². The van der Waals surface area contributed by atoms with E-state index in [2.05, 4.69) is 10.0 Å². The molecule has 0 saturated carbocycles. The summed E-state index contributed by atoms with van der Waals surface area (Å²) < 4.78 is 10.3. The maximum atomic E-state index is 7.96. The van der Waals surface area contributed by atoms with Gasteiger partial charge in [-0.25, -0.2) is 0 Å². The Balaban J connectivity index is 2.19. The van der Waals surface area contributed by atoms with Crippen LogP contribution in [0.25, 0.3) is 10.4 Å². The van der Waals surface area contributed by atoms with Crippen LogP contribution < -0.4 is 0 Å². The molecule has 1 atom stereocenters. The molecule has 0 unspecified atom stereocenters. The fourth-order valence-corrected chi connectivity index (χ4v) is 0.770. The zero-order valence-corrected chi connectivity index (χ0v) is 5.56. The maximum Gasteiger partial charge on any atom is 0.0865 e. The molecule has 1 heterocycles. The molecule has 1 aliphatic rings. The number of azide groups is 1. The zero-order valence-electron chi connectivity index (χ0n) is 5.56. The van der Waals surface area contributed by atoms with Crippen LogP contribution in [-0.4, -0.2) is 32.5 Å². The lowest BCUT2D eigenvalue weighted by molar-refractivity contribution is -0.0834. The van der Waals surface area contributed by atoms with Gasteiger partial charge in [-0.3, -0.25) is 0 Å². The Morgan fingerprint density at radius 3 is 3.10 bits per heavy atom. The van der Waals surface area contributed by atoms with Crippen molar-refractivity contribution in [3.8, 4) is 0 Å². The molecule has 10 heavy (non-hydrogen) atoms. The van der Waals surface area contributed by atoms with Gasteiger partial charge in [0, 0.05) is 4.91 Å². The summed E-state index contributed by atoms with van der Waals surface area (Å²) in [5.74, 6) is 0. The second-order valence-corrected chi connectivity index (χ2v) is 1.98. The van der Waals surface area contributed by atoms with Gasteiger partial charge in [0.25, 0.3) is 0 Å². The van der Waals surface area contributed by atoms with Gasteiger partial charge in [0.1, 0.15) is 0 Å². The minimum atomic E-state index is -0.0374. The highest BCUT2D eigenvalue weighted by atomic mass is 16.6. The molecule has 5 heteroatoms. The Morgan fingerprint density at radius 2 is 2.50 bits per heavy atom. The van der Waals surface area contributed by atoms with Crippen LogP contribution in [0.3, 0.4) is 0 Å². The molecular weight excluding hydrogens is 134 g/mol. The minimum absolute atomic E-state index is 0.0374. The second-order valence-electron chi connectivity index (χ2n) is 1.98. The normalized spacial score (nSPS) is 25.4. The number of hydrogen-bond acceptors (Lipinski definition) is 3. The van der Waals surface area contributed by atoms with Crippen molar-refractivity contribution in [3.05, 3.63) is 10.4 Å². The maximum absolute atomic E-state index is 7.96. The average molecular weight is 143 g/mol. The zero-order chi connectivity index (χ0) is 7.23. The molecule has 0 bridgehead atoms. The van der Waals surface area contributed by atoms with E-state index in [1.54, 1.807) is 0 Å². The second kappa shape index (κ2) is 4.11. The predicted octanol–water partition coefficient (Wildman–Crippen LogP) is 0.712. The summed E-state index contributed by atoms with van der Waals surface area (Å²) in [6.07, 6.45) is -0.0374. The fraction of sp³-hybridized carbons (Fsp3) is 1.00. The first kappa shape index (κ1) is 7.34. The molecular formula is C5H9N3O2. The summed E-state index contributed by atoms with van der Waals surface area (Å²) in [6.45, 7) is 2.16. The van der Waals surface area contributed by atoms with E-state index in [1.807, 2.05) is 0 Å². The third kappa shape index (κ3) is 2.23. The van der Waals surface area contributed by atoms with Crippen LogP contribution in [0.4, 0.5) is 0 Å². The van der Waals surface area contributed by atoms with Crippen molar-refractivity contribution >= 4 is 0 Å². The molecule has 0 aromatic rings. The summed E-state index contributed by atoms with van der Waals surface area (Å²) >= 11 is 0. The first-order valence-corrected chi connectivity index (χ1v) is 3.13. The fourth-order valence-electron chi connectivity index (χ4n) is 0.770. The Hall–Kier alpha value is -0.770. The van der Waals surface area contributed by atoms with E-state index in [1.165, 1.54) is 0 Å². The average Bonchev–Trinajstić information content (AvgIpc) is 2.03. The lowest BCUT2D eigenvalue weighted by Gasteiger charge is -2.20. The Morgan fingerprint density at radius 1 is 1.60 bits per heavy atom. The van der Waals surface area contributed by atoms with Gasteiger partial charge in [0.05, 0.1) is 32.5 Å². The lowest BCUT2D eigenvalue weighted by atomic mass is 10.3. The summed E-state index contributed by atoms with van der Waals surface area (Å²) in [6, 6.07) is 0. The molecule has 0 radical (unpaired) electrons. The first-order chi connectivity index (χ1) is 4.93. The van der Waals surface area contributed by atoms with Crippen molar-refractivity contribution < 1.29 is 9.47 Å². The van der Waals surface area contributed by atoms with E-state index in [4.69, 9.17) is 15.0 Å². The molecule has 0 spiro atoms. The van der Waals surface area contributed by atoms with Gasteiger partial charge < -0.3 is 9.47 Å². The van der Waals surface area contributed by atoms with Crippen LogP contribution in [-0.2, 0) is 9.47 Å². The van der Waals surface area contributed by atoms with E-state index in [0.717, 1.165) is 0 Å². The monoisotopic (exact) mass is 143 g/mol. The number of rotatable bonds is 2. The Bertz CT molecular complexity index is 138. The van der Waals surface area contributed by atoms with Crippen LogP contribution in [0.2, 0.25) is 0 Å². The van der Waals surface area contributed by atoms with Crippen molar-refractivity contribution in [2.24, 2.45) is 5.11 Å². The highest BCUT2D eigenvalue weighted by Gasteiger charge is 2.11. The molecule has 0 amide bonds. The van der Waals surface area contributed by atoms with Crippen LogP contribution >= 0.6 is 0 Å². The van der Waals surface area contributed by atoms with Crippen molar-refractivity contribution in [3.63, 3.8) is 0 Å². The van der Waals surface area contributed by atoms with Gasteiger partial charge in [-0.05, 0) is 5.53 Å². The standard InChI is InChI=1S/C5H9N3O2/c6-8-7-3-5-4-9-1-2-10-5/h5H,1-4H2/t5-/m1/s1. The van der Waals surface area contributed by atoms with E-state index in [9.17, 15) is 0 Å². The van der Waals surface area contributed by atoms with Crippen LogP contribution in [0.5, 0.6) is 0 Å². The molecule has 1 rings (SSSR count). The Labute approximate surface area is 58.6 Å². The van der Waals surface area contributed by atoms with Crippen molar-refractivity contribution in [2.45, 2.75) is 6.10 Å². The smallest absolute Gasteiger partial charge is 0.0865 e. The number of hydrogen-bond donors (Lipinski definition) is 0. The molecule has 1 saturated heterocycles. The minimum Gasteiger partial charge on any atom is -0.376 e. The molecule has 5 nitrogen and oxygen atoms in total. The van der Waals surface area contributed by atoms with Gasteiger partial charge in [0.2, 0.25) is 0 Å². The Kier molecular flexibility index (Phi) is 3.02. The highest BCUT2D eigenvalue weighted by molar-refractivity contribution is 4.63. The predicted molar refractivity (Wildman–Crippen MR) is 34.6 cm³/mol. The number of nitrogens with zero attached hydrogens (tertiary/aromatic N) is 3. The van der Waals surface area contributed by atoms with Gasteiger partial charge in [-0.2, -0.15) is 0 Å². The summed E-state index contributed by atoms with van der Waals surface area (Å²) in [7, 11) is 0. The molecule has 0 aromatic heterocycles. The quantitative estimate of drug-likeness (QED) is 0.324. The third-order valence-electron chi connectivity index (χ3n) is 1.23. The SMILES string of the molecule is [N-]=[N+]=NC[C@@H]1COCCO1. The van der Waals surface area contributed by atoms with Crippen molar-refractivity contribution in [1.82, 2.24) is 0 Å². The van der Waals surface area contributed by atoms with E-state index >= 15 is 0 Å². The highest BCUT2D eigenvalue weighted by Crippen LogP contribution is 2.00. The summed E-state index contributed by atoms with van der Waals surface area (Å²) in [4.78, 5) is 2.62. The van der Waals surface area contributed by atoms with Crippen molar-refractivity contribution in [1.29, 1.82) is 0 Å².